The maximum Gasteiger partial charge on any atom is 0.225 e. The largest absolute Gasteiger partial charge is 0.342 e. The van der Waals surface area contributed by atoms with Gasteiger partial charge in [-0.15, -0.1) is 0 Å². The van der Waals surface area contributed by atoms with Gasteiger partial charge in [-0.2, -0.15) is 0 Å². The fourth-order valence-corrected chi connectivity index (χ4v) is 2.65. The quantitative estimate of drug-likeness (QED) is 0.759. The van der Waals surface area contributed by atoms with Gasteiger partial charge < -0.3 is 10.6 Å². The number of unbranched alkanes of at least 4 members (excludes halogenated alkanes) is 2. The molecule has 1 amide bonds. The van der Waals surface area contributed by atoms with E-state index in [4.69, 9.17) is 5.73 Å². The molecule has 0 aliphatic heterocycles. The third-order valence-electron chi connectivity index (χ3n) is 4.00. The van der Waals surface area contributed by atoms with E-state index >= 15 is 0 Å². The van der Waals surface area contributed by atoms with E-state index in [1.54, 1.807) is 0 Å². The molecular formula is C15H30N2O. The van der Waals surface area contributed by atoms with E-state index in [-0.39, 0.29) is 5.92 Å². The number of nitrogens with two attached hydrogens (primary N) is 1. The topological polar surface area (TPSA) is 46.3 Å². The second-order valence-electron chi connectivity index (χ2n) is 5.64. The highest BCUT2D eigenvalue weighted by atomic mass is 16.2. The van der Waals surface area contributed by atoms with Gasteiger partial charge >= 0.3 is 0 Å². The van der Waals surface area contributed by atoms with Gasteiger partial charge in [0.1, 0.15) is 0 Å². The van der Waals surface area contributed by atoms with Crippen LogP contribution in [0.2, 0.25) is 0 Å². The number of amides is 1. The van der Waals surface area contributed by atoms with Crippen LogP contribution in [0.5, 0.6) is 0 Å². The predicted octanol–water partition coefficient (Wildman–Crippen LogP) is 2.93. The maximum atomic E-state index is 12.5. The van der Waals surface area contributed by atoms with Crippen molar-refractivity contribution >= 4 is 5.91 Å². The molecule has 1 aliphatic rings. The number of hydrogen-bond donors (Lipinski definition) is 1. The van der Waals surface area contributed by atoms with Crippen LogP contribution in [-0.4, -0.2) is 29.9 Å². The molecule has 1 rings (SSSR count). The average Bonchev–Trinajstić information content (AvgIpc) is 2.39. The first-order valence-electron chi connectivity index (χ1n) is 7.73. The summed E-state index contributed by atoms with van der Waals surface area (Å²) in [6, 6.07) is 0.328. The summed E-state index contributed by atoms with van der Waals surface area (Å²) in [7, 11) is 0. The molecule has 0 radical (unpaired) electrons. The van der Waals surface area contributed by atoms with Crippen LogP contribution in [0.4, 0.5) is 0 Å². The molecule has 0 bridgehead atoms. The van der Waals surface area contributed by atoms with Crippen LogP contribution in [0.3, 0.4) is 0 Å². The normalized spacial score (nSPS) is 23.9. The highest BCUT2D eigenvalue weighted by Gasteiger charge is 2.27. The third-order valence-corrected chi connectivity index (χ3v) is 4.00. The van der Waals surface area contributed by atoms with Crippen LogP contribution < -0.4 is 5.73 Å². The van der Waals surface area contributed by atoms with Crippen molar-refractivity contribution in [3.8, 4) is 0 Å². The summed E-state index contributed by atoms with van der Waals surface area (Å²) in [6.45, 7) is 6.25. The lowest BCUT2D eigenvalue weighted by molar-refractivity contribution is -0.136. The summed E-state index contributed by atoms with van der Waals surface area (Å²) in [5, 5.41) is 0. The number of rotatable bonds is 7. The average molecular weight is 254 g/mol. The van der Waals surface area contributed by atoms with Crippen molar-refractivity contribution < 1.29 is 4.79 Å². The van der Waals surface area contributed by atoms with Gasteiger partial charge in [-0.05, 0) is 38.5 Å². The lowest BCUT2D eigenvalue weighted by atomic mass is 9.85. The molecule has 106 valence electrons. The van der Waals surface area contributed by atoms with Crippen LogP contribution in [0.25, 0.3) is 0 Å². The molecule has 18 heavy (non-hydrogen) atoms. The summed E-state index contributed by atoms with van der Waals surface area (Å²) >= 11 is 0. The first-order chi connectivity index (χ1) is 8.69. The lowest BCUT2D eigenvalue weighted by Gasteiger charge is -2.31. The molecule has 0 aromatic heterocycles. The van der Waals surface area contributed by atoms with E-state index in [2.05, 4.69) is 18.7 Å². The Morgan fingerprint density at radius 3 is 2.00 bits per heavy atom. The molecule has 3 nitrogen and oxygen atoms in total. The fraction of sp³-hybridized carbons (Fsp3) is 0.933. The van der Waals surface area contributed by atoms with Crippen molar-refractivity contribution in [3.63, 3.8) is 0 Å². The van der Waals surface area contributed by atoms with Crippen molar-refractivity contribution in [1.29, 1.82) is 0 Å². The smallest absolute Gasteiger partial charge is 0.225 e. The third kappa shape index (κ3) is 4.97. The molecule has 0 aromatic carbocycles. The predicted molar refractivity (Wildman–Crippen MR) is 76.3 cm³/mol. The number of carbonyl (C=O) groups excluding carboxylic acids is 1. The van der Waals surface area contributed by atoms with Crippen LogP contribution >= 0.6 is 0 Å². The van der Waals surface area contributed by atoms with Gasteiger partial charge in [0.05, 0.1) is 0 Å². The molecule has 0 unspecified atom stereocenters. The molecule has 0 heterocycles. The standard InChI is InChI=1S/C15H30N2O/c1-3-5-11-17(12-6-4-2)15(18)13-7-9-14(16)10-8-13/h13-14H,3-12,16H2,1-2H3. The molecule has 0 aromatic rings. The minimum absolute atomic E-state index is 0.249. The molecule has 2 N–H and O–H groups in total. The SMILES string of the molecule is CCCCN(CCCC)C(=O)C1CCC(N)CC1. The van der Waals surface area contributed by atoms with Crippen molar-refractivity contribution in [3.05, 3.63) is 0 Å². The van der Waals surface area contributed by atoms with E-state index in [0.29, 0.717) is 11.9 Å². The minimum Gasteiger partial charge on any atom is -0.342 e. The molecular weight excluding hydrogens is 224 g/mol. The van der Waals surface area contributed by atoms with Crippen molar-refractivity contribution in [2.24, 2.45) is 11.7 Å². The maximum absolute atomic E-state index is 12.5. The van der Waals surface area contributed by atoms with Crippen LogP contribution in [0.1, 0.15) is 65.2 Å². The Morgan fingerprint density at radius 2 is 1.56 bits per heavy atom. The zero-order valence-electron chi connectivity index (χ0n) is 12.2. The monoisotopic (exact) mass is 254 g/mol. The highest BCUT2D eigenvalue weighted by Crippen LogP contribution is 2.25. The van der Waals surface area contributed by atoms with Gasteiger partial charge in [0.2, 0.25) is 5.91 Å². The van der Waals surface area contributed by atoms with Gasteiger partial charge in [0.25, 0.3) is 0 Å². The van der Waals surface area contributed by atoms with E-state index in [1.807, 2.05) is 0 Å². The molecule has 1 aliphatic carbocycles. The Balaban J connectivity index is 2.46. The first kappa shape index (κ1) is 15.5. The Labute approximate surface area is 112 Å². The van der Waals surface area contributed by atoms with Crippen LogP contribution in [0.15, 0.2) is 0 Å². The van der Waals surface area contributed by atoms with Crippen molar-refractivity contribution in [1.82, 2.24) is 4.90 Å². The van der Waals surface area contributed by atoms with E-state index in [1.165, 1.54) is 0 Å². The summed E-state index contributed by atoms with van der Waals surface area (Å²) in [6.07, 6.45) is 8.60. The Kier molecular flexibility index (Phi) is 7.33. The van der Waals surface area contributed by atoms with Crippen LogP contribution in [0, 0.1) is 5.92 Å². The van der Waals surface area contributed by atoms with Crippen LogP contribution in [-0.2, 0) is 4.79 Å². The Hall–Kier alpha value is -0.570. The van der Waals surface area contributed by atoms with Gasteiger partial charge in [0.15, 0.2) is 0 Å². The zero-order chi connectivity index (χ0) is 13.4. The second kappa shape index (κ2) is 8.52. The molecule has 1 fully saturated rings. The summed E-state index contributed by atoms with van der Waals surface area (Å²) in [5.41, 5.74) is 5.91. The van der Waals surface area contributed by atoms with Crippen molar-refractivity contribution in [2.45, 2.75) is 71.3 Å². The van der Waals surface area contributed by atoms with Gasteiger partial charge in [-0.25, -0.2) is 0 Å². The molecule has 0 saturated heterocycles. The highest BCUT2D eigenvalue weighted by molar-refractivity contribution is 5.78. The van der Waals surface area contributed by atoms with Gasteiger partial charge in [0, 0.05) is 25.0 Å². The molecule has 0 atom stereocenters. The van der Waals surface area contributed by atoms with E-state index in [0.717, 1.165) is 64.5 Å². The molecule has 0 spiro atoms. The lowest BCUT2D eigenvalue weighted by Crippen LogP contribution is -2.40. The molecule has 3 heteroatoms. The Morgan fingerprint density at radius 1 is 1.06 bits per heavy atom. The fourth-order valence-electron chi connectivity index (χ4n) is 2.65. The Bertz CT molecular complexity index is 227. The van der Waals surface area contributed by atoms with E-state index in [9.17, 15) is 4.79 Å². The van der Waals surface area contributed by atoms with Gasteiger partial charge in [-0.1, -0.05) is 26.7 Å². The first-order valence-corrected chi connectivity index (χ1v) is 7.73. The van der Waals surface area contributed by atoms with Crippen molar-refractivity contribution in [2.75, 3.05) is 13.1 Å². The number of carbonyl (C=O) groups is 1. The van der Waals surface area contributed by atoms with E-state index < -0.39 is 0 Å². The number of nitrogens with zero attached hydrogens (tertiary/aromatic N) is 1. The minimum atomic E-state index is 0.249. The molecule has 1 saturated carbocycles. The zero-order valence-corrected chi connectivity index (χ0v) is 12.2. The summed E-state index contributed by atoms with van der Waals surface area (Å²) in [5.74, 6) is 0.641. The number of hydrogen-bond acceptors (Lipinski definition) is 2. The second-order valence-corrected chi connectivity index (χ2v) is 5.64. The summed E-state index contributed by atoms with van der Waals surface area (Å²) < 4.78 is 0. The summed E-state index contributed by atoms with van der Waals surface area (Å²) in [4.78, 5) is 14.6. The van der Waals surface area contributed by atoms with Gasteiger partial charge in [-0.3, -0.25) is 4.79 Å².